The predicted molar refractivity (Wildman–Crippen MR) is 112 cm³/mol. The van der Waals surface area contributed by atoms with Crippen molar-refractivity contribution in [3.8, 4) is 0 Å². The van der Waals surface area contributed by atoms with E-state index in [0.717, 1.165) is 20.3 Å². The Morgan fingerprint density at radius 2 is 1.89 bits per heavy atom. The van der Waals surface area contributed by atoms with Crippen LogP contribution in [0.5, 0.6) is 0 Å². The second kappa shape index (κ2) is 8.08. The average molecular weight is 467 g/mol. The summed E-state index contributed by atoms with van der Waals surface area (Å²) in [6, 6.07) is 12.6. The number of amides is 1. The van der Waals surface area contributed by atoms with Crippen LogP contribution in [-0.4, -0.2) is 24.6 Å². The Hall–Kier alpha value is -1.77. The minimum absolute atomic E-state index is 0.0667. The van der Waals surface area contributed by atoms with Crippen LogP contribution in [0.1, 0.15) is 18.4 Å². The summed E-state index contributed by atoms with van der Waals surface area (Å²) < 4.78 is 28.5. The lowest BCUT2D eigenvalue weighted by Crippen LogP contribution is -2.14. The molecule has 27 heavy (non-hydrogen) atoms. The fourth-order valence-electron chi connectivity index (χ4n) is 2.65. The number of carbonyl (C=O) groups excluding carboxylic acids is 1. The molecule has 0 aliphatic heterocycles. The quantitative estimate of drug-likeness (QED) is 0.570. The minimum Gasteiger partial charge on any atom is -0.319 e. The van der Waals surface area contributed by atoms with Gasteiger partial charge in [-0.3, -0.25) is 4.79 Å². The smallest absolute Gasteiger partial charge is 0.248 e. The lowest BCUT2D eigenvalue weighted by Gasteiger charge is -2.04. The van der Waals surface area contributed by atoms with Crippen molar-refractivity contribution in [2.75, 3.05) is 5.75 Å². The van der Waals surface area contributed by atoms with Gasteiger partial charge in [0.25, 0.3) is 0 Å². The lowest BCUT2D eigenvalue weighted by atomic mass is 10.2. The maximum absolute atomic E-state index is 12.3. The molecule has 0 spiro atoms. The van der Waals surface area contributed by atoms with Crippen molar-refractivity contribution >= 4 is 53.2 Å². The normalized spacial score (nSPS) is 12.6. The largest absolute Gasteiger partial charge is 0.319 e. The van der Waals surface area contributed by atoms with E-state index in [1.54, 1.807) is 24.3 Å². The third-order valence-corrected chi connectivity index (χ3v) is 7.58. The standard InChI is InChI=1S/C19H19BrN2O3S2/c1-13-5-8-15(9-6-13)27(24,25)11-3-4-18(23)21-19-22(2)16-10-7-14(20)12-17(16)26-19/h5-10,12H,3-4,11H2,1-2H3. The van der Waals surface area contributed by atoms with Gasteiger partial charge in [-0.25, -0.2) is 8.42 Å². The first-order valence-corrected chi connectivity index (χ1v) is 11.6. The number of rotatable bonds is 5. The molecule has 2 aromatic carbocycles. The number of hydrogen-bond donors (Lipinski definition) is 0. The van der Waals surface area contributed by atoms with E-state index >= 15 is 0 Å². The second-order valence-electron chi connectivity index (χ2n) is 6.30. The molecule has 142 valence electrons. The van der Waals surface area contributed by atoms with Crippen molar-refractivity contribution < 1.29 is 13.2 Å². The van der Waals surface area contributed by atoms with E-state index in [0.29, 0.717) is 9.70 Å². The molecule has 0 N–H and O–H groups in total. The molecule has 3 aromatic rings. The number of halogens is 1. The zero-order chi connectivity index (χ0) is 19.6. The lowest BCUT2D eigenvalue weighted by molar-refractivity contribution is -0.118. The summed E-state index contributed by atoms with van der Waals surface area (Å²) in [5.74, 6) is -0.377. The molecule has 1 heterocycles. The number of hydrogen-bond acceptors (Lipinski definition) is 4. The number of fused-ring (bicyclic) bond motifs is 1. The van der Waals surface area contributed by atoms with E-state index in [4.69, 9.17) is 0 Å². The summed E-state index contributed by atoms with van der Waals surface area (Å²) in [6.45, 7) is 1.91. The van der Waals surface area contributed by atoms with Gasteiger partial charge in [-0.2, -0.15) is 4.99 Å². The van der Waals surface area contributed by atoms with Crippen LogP contribution in [0.2, 0.25) is 0 Å². The monoisotopic (exact) mass is 466 g/mol. The van der Waals surface area contributed by atoms with Crippen molar-refractivity contribution in [1.82, 2.24) is 4.57 Å². The third kappa shape index (κ3) is 4.75. The highest BCUT2D eigenvalue weighted by molar-refractivity contribution is 9.10. The van der Waals surface area contributed by atoms with Crippen LogP contribution in [0.4, 0.5) is 0 Å². The number of nitrogens with zero attached hydrogens (tertiary/aromatic N) is 2. The number of thiazole rings is 1. The molecule has 0 atom stereocenters. The molecule has 0 bridgehead atoms. The van der Waals surface area contributed by atoms with Gasteiger partial charge < -0.3 is 4.57 Å². The van der Waals surface area contributed by atoms with Crippen LogP contribution in [0.25, 0.3) is 10.2 Å². The molecule has 3 rings (SSSR count). The molecular weight excluding hydrogens is 448 g/mol. The molecule has 0 unspecified atom stereocenters. The van der Waals surface area contributed by atoms with E-state index in [9.17, 15) is 13.2 Å². The molecule has 1 aromatic heterocycles. The first-order valence-electron chi connectivity index (χ1n) is 8.38. The summed E-state index contributed by atoms with van der Waals surface area (Å²) in [4.78, 5) is 17.3. The third-order valence-electron chi connectivity index (χ3n) is 4.18. The number of aromatic nitrogens is 1. The Labute approximate surface area is 170 Å². The Bertz CT molecular complexity index is 1160. The highest BCUT2D eigenvalue weighted by Gasteiger charge is 2.15. The SMILES string of the molecule is Cc1ccc(S(=O)(=O)CCCC(=O)N=c2sc3cc(Br)ccc3n2C)cc1. The van der Waals surface area contributed by atoms with Crippen LogP contribution >= 0.6 is 27.3 Å². The molecule has 8 heteroatoms. The zero-order valence-electron chi connectivity index (χ0n) is 15.0. The Morgan fingerprint density at radius 3 is 2.59 bits per heavy atom. The van der Waals surface area contributed by atoms with Crippen molar-refractivity contribution in [2.24, 2.45) is 12.0 Å². The fourth-order valence-corrected chi connectivity index (χ4v) is 5.55. The molecule has 0 aliphatic carbocycles. The fraction of sp³-hybridized carbons (Fsp3) is 0.263. The van der Waals surface area contributed by atoms with Crippen molar-refractivity contribution in [2.45, 2.75) is 24.7 Å². The van der Waals surface area contributed by atoms with Crippen LogP contribution in [0, 0.1) is 6.92 Å². The maximum atomic E-state index is 12.3. The van der Waals surface area contributed by atoms with Crippen molar-refractivity contribution in [1.29, 1.82) is 0 Å². The zero-order valence-corrected chi connectivity index (χ0v) is 18.2. The van der Waals surface area contributed by atoms with Gasteiger partial charge in [-0.1, -0.05) is 45.0 Å². The first kappa shape index (κ1) is 20.0. The van der Waals surface area contributed by atoms with E-state index in [-0.39, 0.29) is 24.5 Å². The van der Waals surface area contributed by atoms with Gasteiger partial charge in [0.2, 0.25) is 5.91 Å². The van der Waals surface area contributed by atoms with E-state index in [1.807, 2.05) is 36.7 Å². The Morgan fingerprint density at radius 1 is 1.19 bits per heavy atom. The number of carbonyl (C=O) groups is 1. The van der Waals surface area contributed by atoms with Gasteiger partial charge in [-0.15, -0.1) is 0 Å². The summed E-state index contributed by atoms with van der Waals surface area (Å²) in [5, 5.41) is 0. The first-order chi connectivity index (χ1) is 12.8. The topological polar surface area (TPSA) is 68.5 Å². The Kier molecular flexibility index (Phi) is 5.98. The van der Waals surface area contributed by atoms with Gasteiger partial charge >= 0.3 is 0 Å². The van der Waals surface area contributed by atoms with E-state index < -0.39 is 9.84 Å². The molecular formula is C19H19BrN2O3S2. The summed E-state index contributed by atoms with van der Waals surface area (Å²) in [6.07, 6.45) is 0.349. The average Bonchev–Trinajstić information content (AvgIpc) is 2.90. The Balaban J connectivity index is 1.69. The summed E-state index contributed by atoms with van der Waals surface area (Å²) >= 11 is 4.87. The van der Waals surface area contributed by atoms with Crippen molar-refractivity contribution in [3.63, 3.8) is 0 Å². The van der Waals surface area contributed by atoms with Crippen molar-refractivity contribution in [3.05, 3.63) is 57.3 Å². The van der Waals surface area contributed by atoms with Crippen LogP contribution in [0.3, 0.4) is 0 Å². The highest BCUT2D eigenvalue weighted by Crippen LogP contribution is 2.21. The van der Waals surface area contributed by atoms with Gasteiger partial charge in [-0.05, 0) is 43.7 Å². The molecule has 0 aliphatic rings. The second-order valence-corrected chi connectivity index (χ2v) is 10.3. The van der Waals surface area contributed by atoms with Gasteiger partial charge in [0, 0.05) is 17.9 Å². The van der Waals surface area contributed by atoms with Gasteiger partial charge in [0.15, 0.2) is 14.6 Å². The van der Waals surface area contributed by atoms with Crippen LogP contribution < -0.4 is 4.80 Å². The number of sulfone groups is 1. The minimum atomic E-state index is -3.38. The van der Waals surface area contributed by atoms with E-state index in [2.05, 4.69) is 20.9 Å². The van der Waals surface area contributed by atoms with E-state index in [1.165, 1.54) is 11.3 Å². The molecule has 0 radical (unpaired) electrons. The summed E-state index contributed by atoms with van der Waals surface area (Å²) in [5.41, 5.74) is 2.00. The number of benzene rings is 2. The molecule has 0 fully saturated rings. The summed E-state index contributed by atoms with van der Waals surface area (Å²) in [7, 11) is -1.52. The molecule has 0 saturated carbocycles. The predicted octanol–water partition coefficient (Wildman–Crippen LogP) is 3.99. The van der Waals surface area contributed by atoms with Crippen LogP contribution in [0.15, 0.2) is 56.8 Å². The molecule has 0 saturated heterocycles. The number of aryl methyl sites for hydroxylation is 2. The van der Waals surface area contributed by atoms with Gasteiger partial charge in [0.05, 0.1) is 20.9 Å². The molecule has 1 amide bonds. The van der Waals surface area contributed by atoms with Crippen LogP contribution in [-0.2, 0) is 21.7 Å². The maximum Gasteiger partial charge on any atom is 0.248 e. The highest BCUT2D eigenvalue weighted by atomic mass is 79.9. The van der Waals surface area contributed by atoms with Gasteiger partial charge in [0.1, 0.15) is 0 Å². The molecule has 5 nitrogen and oxygen atoms in total.